The van der Waals surface area contributed by atoms with Crippen molar-refractivity contribution in [2.45, 2.75) is 19.8 Å². The SMILES string of the molecule is CCCCN.CN(C(=O)c1cc(Br)nn1-c1ncccc1Cl)c1c(Cl)cc(Cl)cc1C=O. The second-order valence-electron chi connectivity index (χ2n) is 6.52. The normalized spacial score (nSPS) is 10.3. The highest BCUT2D eigenvalue weighted by Gasteiger charge is 2.25. The second-order valence-corrected chi connectivity index (χ2v) is 8.59. The molecule has 2 aromatic heterocycles. The molecule has 0 saturated carbocycles. The Morgan fingerprint density at radius 2 is 1.97 bits per heavy atom. The molecule has 3 rings (SSSR count). The van der Waals surface area contributed by atoms with Gasteiger partial charge in [0.25, 0.3) is 5.91 Å². The number of benzene rings is 1. The Morgan fingerprint density at radius 1 is 1.25 bits per heavy atom. The molecule has 0 radical (unpaired) electrons. The van der Waals surface area contributed by atoms with E-state index in [-0.39, 0.29) is 22.0 Å². The monoisotopic (exact) mass is 559 g/mol. The second kappa shape index (κ2) is 12.3. The molecule has 0 saturated heterocycles. The summed E-state index contributed by atoms with van der Waals surface area (Å²) in [5.41, 5.74) is 5.73. The molecule has 1 amide bonds. The van der Waals surface area contributed by atoms with Crippen LogP contribution < -0.4 is 10.6 Å². The Morgan fingerprint density at radius 3 is 2.53 bits per heavy atom. The lowest BCUT2D eigenvalue weighted by atomic mass is 10.1. The van der Waals surface area contributed by atoms with E-state index >= 15 is 0 Å². The summed E-state index contributed by atoms with van der Waals surface area (Å²) in [5.74, 6) is -0.179. The van der Waals surface area contributed by atoms with Crippen LogP contribution in [0, 0.1) is 0 Å². The number of hydrogen-bond acceptors (Lipinski definition) is 5. The van der Waals surface area contributed by atoms with E-state index in [1.807, 2.05) is 0 Å². The third-order valence-electron chi connectivity index (χ3n) is 4.22. The molecule has 2 heterocycles. The molecule has 7 nitrogen and oxygen atoms in total. The minimum absolute atomic E-state index is 0.168. The van der Waals surface area contributed by atoms with Gasteiger partial charge in [-0.2, -0.15) is 5.10 Å². The first kappa shape index (κ1) is 26.3. The topological polar surface area (TPSA) is 94.1 Å². The molecular weight excluding hydrogens is 541 g/mol. The highest BCUT2D eigenvalue weighted by molar-refractivity contribution is 9.10. The number of rotatable bonds is 6. The summed E-state index contributed by atoms with van der Waals surface area (Å²) in [6.45, 7) is 2.98. The van der Waals surface area contributed by atoms with Gasteiger partial charge in [-0.25, -0.2) is 9.67 Å². The van der Waals surface area contributed by atoms with Crippen molar-refractivity contribution in [1.29, 1.82) is 0 Å². The Labute approximate surface area is 209 Å². The summed E-state index contributed by atoms with van der Waals surface area (Å²) in [6.07, 6.45) is 4.51. The molecule has 2 N–H and O–H groups in total. The van der Waals surface area contributed by atoms with Crippen LogP contribution in [0.15, 0.2) is 41.1 Å². The maximum atomic E-state index is 13.1. The van der Waals surface area contributed by atoms with E-state index in [1.165, 1.54) is 53.9 Å². The van der Waals surface area contributed by atoms with E-state index in [4.69, 9.17) is 40.5 Å². The number of carbonyl (C=O) groups is 2. The van der Waals surface area contributed by atoms with Crippen LogP contribution in [0.1, 0.15) is 40.6 Å². The molecule has 0 spiro atoms. The number of nitrogens with two attached hydrogens (primary N) is 1. The highest BCUT2D eigenvalue weighted by Crippen LogP contribution is 2.33. The molecule has 0 bridgehead atoms. The third kappa shape index (κ3) is 6.30. The minimum atomic E-state index is -0.470. The Balaban J connectivity index is 0.000000654. The lowest BCUT2D eigenvalue weighted by Crippen LogP contribution is -2.29. The van der Waals surface area contributed by atoms with E-state index in [0.717, 1.165) is 6.54 Å². The van der Waals surface area contributed by atoms with E-state index in [0.29, 0.717) is 26.8 Å². The van der Waals surface area contributed by atoms with Crippen molar-refractivity contribution in [3.63, 3.8) is 0 Å². The lowest BCUT2D eigenvalue weighted by Gasteiger charge is -2.21. The Hall–Kier alpha value is -1.97. The summed E-state index contributed by atoms with van der Waals surface area (Å²) < 4.78 is 1.73. The average Bonchev–Trinajstić information content (AvgIpc) is 3.14. The molecule has 11 heteroatoms. The van der Waals surface area contributed by atoms with Crippen LogP contribution in [0.4, 0.5) is 5.69 Å². The molecule has 0 aliphatic carbocycles. The number of aromatic nitrogens is 3. The molecule has 3 aromatic rings. The van der Waals surface area contributed by atoms with Gasteiger partial charge in [0.2, 0.25) is 0 Å². The van der Waals surface area contributed by atoms with Crippen LogP contribution >= 0.6 is 50.7 Å². The van der Waals surface area contributed by atoms with Gasteiger partial charge in [0, 0.05) is 29.9 Å². The van der Waals surface area contributed by atoms with Crippen molar-refractivity contribution >= 4 is 68.6 Å². The van der Waals surface area contributed by atoms with Crippen molar-refractivity contribution < 1.29 is 9.59 Å². The Bertz CT molecular complexity index is 1110. The number of amides is 1. The molecule has 170 valence electrons. The fourth-order valence-corrected chi connectivity index (χ4v) is 3.92. The van der Waals surface area contributed by atoms with E-state index < -0.39 is 5.91 Å². The number of carbonyl (C=O) groups excluding carboxylic acids is 2. The fraction of sp³-hybridized carbons (Fsp3) is 0.238. The number of pyridine rings is 1. The summed E-state index contributed by atoms with van der Waals surface area (Å²) in [6, 6.07) is 7.72. The number of halogens is 4. The van der Waals surface area contributed by atoms with Crippen molar-refractivity contribution in [2.24, 2.45) is 5.73 Å². The van der Waals surface area contributed by atoms with Gasteiger partial charge in [-0.1, -0.05) is 48.1 Å². The quantitative estimate of drug-likeness (QED) is 0.383. The van der Waals surface area contributed by atoms with E-state index in [2.05, 4.69) is 32.9 Å². The van der Waals surface area contributed by atoms with E-state index in [1.54, 1.807) is 12.1 Å². The van der Waals surface area contributed by atoms with Gasteiger partial charge < -0.3 is 10.6 Å². The zero-order valence-corrected chi connectivity index (χ0v) is 21.2. The predicted molar refractivity (Wildman–Crippen MR) is 133 cm³/mol. The van der Waals surface area contributed by atoms with Gasteiger partial charge in [0.1, 0.15) is 10.3 Å². The number of nitrogens with zero attached hydrogens (tertiary/aromatic N) is 4. The van der Waals surface area contributed by atoms with Gasteiger partial charge in [0.15, 0.2) is 12.1 Å². The van der Waals surface area contributed by atoms with Crippen LogP contribution in [-0.2, 0) is 0 Å². The van der Waals surface area contributed by atoms with Crippen molar-refractivity contribution in [2.75, 3.05) is 18.5 Å². The number of hydrogen-bond donors (Lipinski definition) is 1. The first-order chi connectivity index (χ1) is 15.2. The van der Waals surface area contributed by atoms with Crippen LogP contribution in [0.5, 0.6) is 0 Å². The molecule has 32 heavy (non-hydrogen) atoms. The molecule has 0 fully saturated rings. The lowest BCUT2D eigenvalue weighted by molar-refractivity contribution is 0.0985. The largest absolute Gasteiger partial charge is 0.330 e. The van der Waals surface area contributed by atoms with Crippen LogP contribution in [0.25, 0.3) is 5.82 Å². The highest BCUT2D eigenvalue weighted by atomic mass is 79.9. The summed E-state index contributed by atoms with van der Waals surface area (Å²) in [7, 11) is 1.50. The van der Waals surface area contributed by atoms with Gasteiger partial charge in [0.05, 0.1) is 15.7 Å². The van der Waals surface area contributed by atoms with Gasteiger partial charge >= 0.3 is 0 Å². The molecule has 0 aliphatic rings. The summed E-state index contributed by atoms with van der Waals surface area (Å²) >= 11 is 21.6. The molecule has 0 aliphatic heterocycles. The average molecular weight is 562 g/mol. The number of anilines is 1. The van der Waals surface area contributed by atoms with Crippen LogP contribution in [0.3, 0.4) is 0 Å². The molecular formula is C21H21BrCl3N5O2. The zero-order chi connectivity index (χ0) is 23.8. The van der Waals surface area contributed by atoms with Crippen molar-refractivity contribution in [3.05, 3.63) is 67.5 Å². The minimum Gasteiger partial charge on any atom is -0.330 e. The Kier molecular flexibility index (Phi) is 10.1. The van der Waals surface area contributed by atoms with E-state index in [9.17, 15) is 9.59 Å². The van der Waals surface area contributed by atoms with Gasteiger partial charge in [-0.3, -0.25) is 9.59 Å². The van der Waals surface area contributed by atoms with Gasteiger partial charge in [-0.05, 0) is 53.2 Å². The number of unbranched alkanes of at least 4 members (excludes halogenated alkanes) is 1. The summed E-state index contributed by atoms with van der Waals surface area (Å²) in [5, 5.41) is 5.01. The zero-order valence-electron chi connectivity index (χ0n) is 17.4. The third-order valence-corrected chi connectivity index (χ3v) is 5.41. The maximum Gasteiger partial charge on any atom is 0.276 e. The van der Waals surface area contributed by atoms with Crippen LogP contribution in [0.2, 0.25) is 15.1 Å². The number of aldehydes is 1. The van der Waals surface area contributed by atoms with Crippen molar-refractivity contribution in [1.82, 2.24) is 14.8 Å². The van der Waals surface area contributed by atoms with Gasteiger partial charge in [-0.15, -0.1) is 0 Å². The molecule has 0 unspecified atom stereocenters. The standard InChI is InChI=1S/C17H10BrCl3N4O2.C4H11N/c1-24(15-9(8-26)5-10(19)6-12(15)21)17(27)13-7-14(18)23-25(13)16-11(20)3-2-4-22-16;1-2-3-4-5/h2-8H,1H3;2-5H2,1H3. The van der Waals surface area contributed by atoms with Crippen LogP contribution in [-0.4, -0.2) is 40.6 Å². The molecule has 1 aromatic carbocycles. The van der Waals surface area contributed by atoms with Crippen molar-refractivity contribution in [3.8, 4) is 5.82 Å². The summed E-state index contributed by atoms with van der Waals surface area (Å²) in [4.78, 5) is 30.0. The maximum absolute atomic E-state index is 13.1. The first-order valence-electron chi connectivity index (χ1n) is 9.53. The molecule has 0 atom stereocenters. The first-order valence-corrected chi connectivity index (χ1v) is 11.5. The smallest absolute Gasteiger partial charge is 0.276 e. The fourth-order valence-electron chi connectivity index (χ4n) is 2.71. The predicted octanol–water partition coefficient (Wildman–Crippen LogP) is 5.82.